The fraction of sp³-hybridized carbons (Fsp3) is 0.318. The molecule has 9 nitrogen and oxygen atoms in total. The van der Waals surface area contributed by atoms with Crippen LogP contribution in [0.5, 0.6) is 0 Å². The van der Waals surface area contributed by atoms with Crippen LogP contribution < -0.4 is 10.6 Å². The summed E-state index contributed by atoms with van der Waals surface area (Å²) in [5.74, 6) is -0.168. The molecule has 160 valence electrons. The van der Waals surface area contributed by atoms with Crippen LogP contribution in [-0.4, -0.2) is 69.1 Å². The van der Waals surface area contributed by atoms with Crippen molar-refractivity contribution in [2.24, 2.45) is 0 Å². The maximum absolute atomic E-state index is 13.1. The van der Waals surface area contributed by atoms with Gasteiger partial charge in [-0.15, -0.1) is 5.10 Å². The molecule has 1 fully saturated rings. The van der Waals surface area contributed by atoms with E-state index >= 15 is 0 Å². The Bertz CT molecular complexity index is 1060. The van der Waals surface area contributed by atoms with Gasteiger partial charge in [0.05, 0.1) is 12.2 Å². The summed E-state index contributed by atoms with van der Waals surface area (Å²) in [4.78, 5) is 26.7. The van der Waals surface area contributed by atoms with Gasteiger partial charge in [-0.2, -0.15) is 0 Å². The van der Waals surface area contributed by atoms with Crippen LogP contribution in [0.3, 0.4) is 0 Å². The van der Waals surface area contributed by atoms with Crippen molar-refractivity contribution < 1.29 is 9.59 Å². The highest BCUT2D eigenvalue weighted by Gasteiger charge is 2.20. The third-order valence-electron chi connectivity index (χ3n) is 5.21. The zero-order valence-corrected chi connectivity index (χ0v) is 17.6. The summed E-state index contributed by atoms with van der Waals surface area (Å²) in [6.45, 7) is 6.35. The predicted molar refractivity (Wildman–Crippen MR) is 116 cm³/mol. The number of tetrazole rings is 1. The Morgan fingerprint density at radius 2 is 2.00 bits per heavy atom. The van der Waals surface area contributed by atoms with E-state index in [1.807, 2.05) is 55.1 Å². The number of aryl methyl sites for hydroxylation is 1. The molecule has 1 saturated heterocycles. The molecule has 1 atom stereocenters. The Kier molecular flexibility index (Phi) is 6.03. The number of hydrogen-bond acceptors (Lipinski definition) is 6. The van der Waals surface area contributed by atoms with Crippen LogP contribution in [0.15, 0.2) is 48.8 Å². The average Bonchev–Trinajstić information content (AvgIpc) is 3.29. The van der Waals surface area contributed by atoms with E-state index in [1.54, 1.807) is 6.07 Å². The molecule has 0 saturated carbocycles. The molecule has 4 rings (SSSR count). The normalized spacial score (nSPS) is 15.4. The molecule has 2 aromatic carbocycles. The molecular weight excluding hydrogens is 394 g/mol. The second kappa shape index (κ2) is 9.05. The lowest BCUT2D eigenvalue weighted by atomic mass is 10.0. The molecule has 2 heterocycles. The van der Waals surface area contributed by atoms with Crippen molar-refractivity contribution in [2.75, 3.05) is 26.2 Å². The predicted octanol–water partition coefficient (Wildman–Crippen LogP) is 1.19. The smallest absolute Gasteiger partial charge is 0.251 e. The number of hydrogen-bond donors (Lipinski definition) is 2. The fourth-order valence-corrected chi connectivity index (χ4v) is 3.65. The zero-order valence-electron chi connectivity index (χ0n) is 17.6. The van der Waals surface area contributed by atoms with E-state index in [0.29, 0.717) is 30.9 Å². The minimum atomic E-state index is -0.183. The molecule has 1 aromatic heterocycles. The Morgan fingerprint density at radius 3 is 2.71 bits per heavy atom. The monoisotopic (exact) mass is 419 g/mol. The molecule has 1 aliphatic heterocycles. The molecule has 1 unspecified atom stereocenters. The van der Waals surface area contributed by atoms with Crippen LogP contribution in [0, 0.1) is 6.92 Å². The van der Waals surface area contributed by atoms with Crippen molar-refractivity contribution in [3.05, 3.63) is 59.9 Å². The lowest BCUT2D eigenvalue weighted by Gasteiger charge is -2.29. The van der Waals surface area contributed by atoms with Gasteiger partial charge in [0.1, 0.15) is 6.33 Å². The maximum atomic E-state index is 13.1. The summed E-state index contributed by atoms with van der Waals surface area (Å²) >= 11 is 0. The highest BCUT2D eigenvalue weighted by atomic mass is 16.2. The number of benzene rings is 2. The third kappa shape index (κ3) is 5.13. The molecule has 31 heavy (non-hydrogen) atoms. The lowest BCUT2D eigenvalue weighted by Crippen LogP contribution is -2.51. The van der Waals surface area contributed by atoms with Crippen molar-refractivity contribution >= 4 is 11.8 Å². The number of rotatable bonds is 6. The number of aromatic nitrogens is 4. The molecule has 0 aliphatic carbocycles. The molecule has 3 aromatic rings. The van der Waals surface area contributed by atoms with Crippen LogP contribution in [0.1, 0.15) is 22.8 Å². The molecule has 1 aliphatic rings. The number of amides is 2. The summed E-state index contributed by atoms with van der Waals surface area (Å²) in [6.07, 6.45) is 1.50. The van der Waals surface area contributed by atoms with Gasteiger partial charge in [-0.05, 0) is 53.6 Å². The maximum Gasteiger partial charge on any atom is 0.251 e. The quantitative estimate of drug-likeness (QED) is 0.622. The van der Waals surface area contributed by atoms with Gasteiger partial charge in [-0.1, -0.05) is 29.8 Å². The van der Waals surface area contributed by atoms with E-state index in [9.17, 15) is 9.59 Å². The number of carbonyl (C=O) groups is 2. The molecule has 9 heteroatoms. The van der Waals surface area contributed by atoms with Gasteiger partial charge in [0.25, 0.3) is 5.91 Å². The standard InChI is InChI=1S/C22H25N7O2/c1-15-3-5-17(6-4-15)18-9-19(11-20(10-18)29-14-24-26-27-29)22(31)25-16(2)12-28-8-7-23-21(30)13-28/h3-6,9-11,14,16H,7-8,12-13H2,1-2H3,(H,23,30)(H,25,31). The Hall–Kier alpha value is -3.59. The van der Waals surface area contributed by atoms with Crippen molar-refractivity contribution in [1.29, 1.82) is 0 Å². The second-order valence-electron chi connectivity index (χ2n) is 7.85. The molecular formula is C22H25N7O2. The van der Waals surface area contributed by atoms with Crippen molar-refractivity contribution in [2.45, 2.75) is 19.9 Å². The molecule has 0 spiro atoms. The lowest BCUT2D eigenvalue weighted by molar-refractivity contribution is -0.124. The molecule has 2 N–H and O–H groups in total. The van der Waals surface area contributed by atoms with Gasteiger partial charge >= 0.3 is 0 Å². The zero-order chi connectivity index (χ0) is 21.8. The van der Waals surface area contributed by atoms with Gasteiger partial charge in [-0.25, -0.2) is 4.68 Å². The highest BCUT2D eigenvalue weighted by Crippen LogP contribution is 2.24. The third-order valence-corrected chi connectivity index (χ3v) is 5.21. The summed E-state index contributed by atoms with van der Waals surface area (Å²) < 4.78 is 1.53. The first-order chi connectivity index (χ1) is 15.0. The highest BCUT2D eigenvalue weighted by molar-refractivity contribution is 5.96. The largest absolute Gasteiger partial charge is 0.354 e. The van der Waals surface area contributed by atoms with Crippen molar-refractivity contribution in [3.8, 4) is 16.8 Å². The van der Waals surface area contributed by atoms with Gasteiger partial charge in [-0.3, -0.25) is 14.5 Å². The first-order valence-electron chi connectivity index (χ1n) is 10.2. The Labute approximate surface area is 180 Å². The van der Waals surface area contributed by atoms with E-state index in [-0.39, 0.29) is 17.9 Å². The van der Waals surface area contributed by atoms with Crippen LogP contribution in [0.4, 0.5) is 0 Å². The second-order valence-corrected chi connectivity index (χ2v) is 7.85. The van der Waals surface area contributed by atoms with E-state index in [4.69, 9.17) is 0 Å². The Balaban J connectivity index is 1.56. The number of nitrogens with zero attached hydrogens (tertiary/aromatic N) is 5. The molecule has 0 bridgehead atoms. The molecule has 2 amide bonds. The van der Waals surface area contributed by atoms with Gasteiger partial charge in [0, 0.05) is 31.2 Å². The fourth-order valence-electron chi connectivity index (χ4n) is 3.65. The minimum Gasteiger partial charge on any atom is -0.354 e. The van der Waals surface area contributed by atoms with Gasteiger partial charge < -0.3 is 10.6 Å². The average molecular weight is 419 g/mol. The summed E-state index contributed by atoms with van der Waals surface area (Å²) in [7, 11) is 0. The van der Waals surface area contributed by atoms with E-state index < -0.39 is 0 Å². The Morgan fingerprint density at radius 1 is 1.19 bits per heavy atom. The number of nitrogens with one attached hydrogen (secondary N) is 2. The van der Waals surface area contributed by atoms with Gasteiger partial charge in [0.15, 0.2) is 0 Å². The first-order valence-corrected chi connectivity index (χ1v) is 10.2. The number of carbonyl (C=O) groups excluding carboxylic acids is 2. The summed E-state index contributed by atoms with van der Waals surface area (Å²) in [5.41, 5.74) is 4.29. The van der Waals surface area contributed by atoms with E-state index in [2.05, 4.69) is 26.2 Å². The van der Waals surface area contributed by atoms with Crippen molar-refractivity contribution in [1.82, 2.24) is 35.7 Å². The van der Waals surface area contributed by atoms with Gasteiger partial charge in [0.2, 0.25) is 5.91 Å². The van der Waals surface area contributed by atoms with Crippen LogP contribution in [0.2, 0.25) is 0 Å². The number of piperazine rings is 1. The summed E-state index contributed by atoms with van der Waals surface area (Å²) in [6, 6.07) is 13.6. The van der Waals surface area contributed by atoms with Crippen LogP contribution in [0.25, 0.3) is 16.8 Å². The first kappa shape index (κ1) is 20.7. The van der Waals surface area contributed by atoms with Crippen LogP contribution >= 0.6 is 0 Å². The van der Waals surface area contributed by atoms with Crippen LogP contribution in [-0.2, 0) is 4.79 Å². The SMILES string of the molecule is Cc1ccc(-c2cc(C(=O)NC(C)CN3CCNC(=O)C3)cc(-n3cnnn3)c2)cc1. The van der Waals surface area contributed by atoms with Crippen molar-refractivity contribution in [3.63, 3.8) is 0 Å². The molecule has 0 radical (unpaired) electrons. The van der Waals surface area contributed by atoms with E-state index in [1.165, 1.54) is 16.6 Å². The summed E-state index contributed by atoms with van der Waals surface area (Å²) in [5, 5.41) is 17.2. The topological polar surface area (TPSA) is 105 Å². The minimum absolute atomic E-state index is 0.0154. The van der Waals surface area contributed by atoms with E-state index in [0.717, 1.165) is 17.7 Å².